The Morgan fingerprint density at radius 2 is 1.95 bits per heavy atom. The van der Waals surface area contributed by atoms with Crippen molar-refractivity contribution >= 4 is 40.4 Å². The van der Waals surface area contributed by atoms with Gasteiger partial charge in [0.1, 0.15) is 27.8 Å². The second-order valence-corrected chi connectivity index (χ2v) is 5.19. The second-order valence-electron chi connectivity index (χ2n) is 4.07. The molecular formula is C13H4Cl3FN4. The average molecular weight is 342 g/mol. The number of halogens is 4. The molecule has 0 atom stereocenters. The molecular weight excluding hydrogens is 338 g/mol. The van der Waals surface area contributed by atoms with Crippen molar-refractivity contribution in [1.82, 2.24) is 14.6 Å². The van der Waals surface area contributed by atoms with E-state index in [4.69, 9.17) is 40.1 Å². The van der Waals surface area contributed by atoms with E-state index in [1.54, 1.807) is 0 Å². The summed E-state index contributed by atoms with van der Waals surface area (Å²) in [6, 6.07) is 6.14. The molecule has 0 radical (unpaired) electrons. The van der Waals surface area contributed by atoms with Gasteiger partial charge in [0, 0.05) is 5.56 Å². The zero-order valence-electron chi connectivity index (χ0n) is 10.1. The lowest BCUT2D eigenvalue weighted by Crippen LogP contribution is -1.99. The molecule has 0 aliphatic carbocycles. The Hall–Kier alpha value is -1.87. The van der Waals surface area contributed by atoms with E-state index in [0.29, 0.717) is 0 Å². The average Bonchev–Trinajstić information content (AvgIpc) is 2.85. The quantitative estimate of drug-likeness (QED) is 0.618. The van der Waals surface area contributed by atoms with E-state index in [1.165, 1.54) is 28.9 Å². The van der Waals surface area contributed by atoms with Crippen LogP contribution in [0, 0.1) is 17.1 Å². The summed E-state index contributed by atoms with van der Waals surface area (Å²) < 4.78 is 15.3. The third-order valence-corrected chi connectivity index (χ3v) is 3.82. The van der Waals surface area contributed by atoms with Gasteiger partial charge in [0.15, 0.2) is 5.65 Å². The Morgan fingerprint density at radius 3 is 2.62 bits per heavy atom. The highest BCUT2D eigenvalue weighted by Gasteiger charge is 2.22. The normalized spacial score (nSPS) is 10.8. The minimum Gasteiger partial charge on any atom is -0.215 e. The van der Waals surface area contributed by atoms with Gasteiger partial charge in [-0.05, 0) is 12.1 Å². The van der Waals surface area contributed by atoms with Gasteiger partial charge < -0.3 is 0 Å². The number of fused-ring (bicyclic) bond motifs is 1. The lowest BCUT2D eigenvalue weighted by atomic mass is 10.1. The molecule has 104 valence electrons. The molecule has 3 rings (SSSR count). The van der Waals surface area contributed by atoms with Gasteiger partial charge >= 0.3 is 0 Å². The van der Waals surface area contributed by atoms with Crippen LogP contribution in [0.1, 0.15) is 5.56 Å². The standard InChI is InChI=1S/C13H4Cl3FN4/c14-7-2-1-3-8(17)9(7)10-11(15)20-13-6(4-18)5-19-21(13)12(10)16/h1-3,5H. The van der Waals surface area contributed by atoms with Gasteiger partial charge in [-0.3, -0.25) is 0 Å². The summed E-state index contributed by atoms with van der Waals surface area (Å²) in [6.45, 7) is 0. The van der Waals surface area contributed by atoms with Crippen LogP contribution in [0.3, 0.4) is 0 Å². The number of rotatable bonds is 1. The first-order chi connectivity index (χ1) is 10.0. The number of aromatic nitrogens is 3. The maximum atomic E-state index is 14.1. The molecule has 8 heteroatoms. The van der Waals surface area contributed by atoms with Crippen molar-refractivity contribution in [2.75, 3.05) is 0 Å². The third-order valence-electron chi connectivity index (χ3n) is 2.88. The van der Waals surface area contributed by atoms with Crippen LogP contribution in [0.15, 0.2) is 24.4 Å². The van der Waals surface area contributed by atoms with Gasteiger partial charge in [0.25, 0.3) is 0 Å². The molecule has 2 heterocycles. The van der Waals surface area contributed by atoms with Crippen LogP contribution in [0.2, 0.25) is 15.3 Å². The van der Waals surface area contributed by atoms with Gasteiger partial charge in [-0.25, -0.2) is 13.9 Å². The molecule has 0 saturated heterocycles. The fraction of sp³-hybridized carbons (Fsp3) is 0. The molecule has 0 N–H and O–H groups in total. The monoisotopic (exact) mass is 340 g/mol. The van der Waals surface area contributed by atoms with E-state index >= 15 is 0 Å². The number of nitriles is 1. The number of hydrogen-bond donors (Lipinski definition) is 0. The minimum absolute atomic E-state index is 0.0264. The molecule has 1 aromatic carbocycles. The molecule has 3 aromatic rings. The summed E-state index contributed by atoms with van der Waals surface area (Å²) in [5.41, 5.74) is 0.577. The van der Waals surface area contributed by atoms with Gasteiger partial charge in [-0.1, -0.05) is 40.9 Å². The fourth-order valence-electron chi connectivity index (χ4n) is 1.95. The first kappa shape index (κ1) is 14.1. The number of nitrogens with zero attached hydrogens (tertiary/aromatic N) is 4. The summed E-state index contributed by atoms with van der Waals surface area (Å²) in [6.07, 6.45) is 1.30. The molecule has 0 unspecified atom stereocenters. The highest BCUT2D eigenvalue weighted by atomic mass is 35.5. The molecule has 4 nitrogen and oxygen atoms in total. The van der Waals surface area contributed by atoms with Crippen LogP contribution in [-0.2, 0) is 0 Å². The Balaban J connectivity index is 2.42. The lowest BCUT2D eigenvalue weighted by molar-refractivity contribution is 0.631. The van der Waals surface area contributed by atoms with Crippen LogP contribution >= 0.6 is 34.8 Å². The van der Waals surface area contributed by atoms with Crippen molar-refractivity contribution in [2.24, 2.45) is 0 Å². The van der Waals surface area contributed by atoms with Crippen molar-refractivity contribution in [3.8, 4) is 17.2 Å². The third kappa shape index (κ3) is 2.12. The molecule has 0 bridgehead atoms. The van der Waals surface area contributed by atoms with Gasteiger partial charge in [-0.2, -0.15) is 10.4 Å². The fourth-order valence-corrected chi connectivity index (χ4v) is 2.83. The minimum atomic E-state index is -0.583. The lowest BCUT2D eigenvalue weighted by Gasteiger charge is -2.10. The van der Waals surface area contributed by atoms with Crippen LogP contribution in [0.5, 0.6) is 0 Å². The van der Waals surface area contributed by atoms with Gasteiger partial charge in [0.05, 0.1) is 16.8 Å². The SMILES string of the molecule is N#Cc1cnn2c(Cl)c(-c3c(F)cccc3Cl)c(Cl)nc12. The molecule has 2 aromatic heterocycles. The summed E-state index contributed by atoms with van der Waals surface area (Å²) in [4.78, 5) is 4.06. The largest absolute Gasteiger partial charge is 0.215 e. The molecule has 0 fully saturated rings. The Kier molecular flexibility index (Phi) is 3.46. The van der Waals surface area contributed by atoms with Crippen LogP contribution < -0.4 is 0 Å². The van der Waals surface area contributed by atoms with Crippen LogP contribution in [-0.4, -0.2) is 14.6 Å². The van der Waals surface area contributed by atoms with Crippen molar-refractivity contribution in [1.29, 1.82) is 5.26 Å². The highest BCUT2D eigenvalue weighted by Crippen LogP contribution is 2.39. The van der Waals surface area contributed by atoms with Crippen molar-refractivity contribution in [2.45, 2.75) is 0 Å². The smallest absolute Gasteiger partial charge is 0.176 e. The van der Waals surface area contributed by atoms with E-state index in [0.717, 1.165) is 0 Å². The van der Waals surface area contributed by atoms with Crippen LogP contribution in [0.4, 0.5) is 4.39 Å². The van der Waals surface area contributed by atoms with Gasteiger partial charge in [0.2, 0.25) is 0 Å². The molecule has 21 heavy (non-hydrogen) atoms. The number of hydrogen-bond acceptors (Lipinski definition) is 3. The number of benzene rings is 1. The van der Waals surface area contributed by atoms with E-state index in [9.17, 15) is 4.39 Å². The van der Waals surface area contributed by atoms with Crippen molar-refractivity contribution in [3.05, 3.63) is 51.1 Å². The zero-order chi connectivity index (χ0) is 15.1. The summed E-state index contributed by atoms with van der Waals surface area (Å²) in [5, 5.41) is 13.0. The summed E-state index contributed by atoms with van der Waals surface area (Å²) >= 11 is 18.4. The first-order valence-electron chi connectivity index (χ1n) is 5.61. The predicted octanol–water partition coefficient (Wildman–Crippen LogP) is 4.37. The summed E-state index contributed by atoms with van der Waals surface area (Å²) in [5.74, 6) is -0.583. The Labute approximate surface area is 133 Å². The highest BCUT2D eigenvalue weighted by molar-refractivity contribution is 6.40. The van der Waals surface area contributed by atoms with E-state index in [1.807, 2.05) is 6.07 Å². The van der Waals surface area contributed by atoms with E-state index in [2.05, 4.69) is 10.1 Å². The molecule has 0 saturated carbocycles. The topological polar surface area (TPSA) is 54.0 Å². The van der Waals surface area contributed by atoms with E-state index < -0.39 is 5.82 Å². The molecule has 0 amide bonds. The maximum Gasteiger partial charge on any atom is 0.176 e. The predicted molar refractivity (Wildman–Crippen MR) is 78.1 cm³/mol. The van der Waals surface area contributed by atoms with Crippen molar-refractivity contribution < 1.29 is 4.39 Å². The zero-order valence-corrected chi connectivity index (χ0v) is 12.4. The van der Waals surface area contributed by atoms with Crippen molar-refractivity contribution in [3.63, 3.8) is 0 Å². The molecule has 0 spiro atoms. The maximum absolute atomic E-state index is 14.1. The Morgan fingerprint density at radius 1 is 1.19 bits per heavy atom. The molecule has 0 aliphatic rings. The Bertz CT molecular complexity index is 894. The van der Waals surface area contributed by atoms with Crippen LogP contribution in [0.25, 0.3) is 16.8 Å². The summed E-state index contributed by atoms with van der Waals surface area (Å²) in [7, 11) is 0. The first-order valence-corrected chi connectivity index (χ1v) is 6.75. The van der Waals surface area contributed by atoms with E-state index in [-0.39, 0.29) is 37.7 Å². The second kappa shape index (κ2) is 5.15. The molecule has 0 aliphatic heterocycles. The van der Waals surface area contributed by atoms with Gasteiger partial charge in [-0.15, -0.1) is 0 Å².